The molecule has 0 fully saturated rings. The predicted molar refractivity (Wildman–Crippen MR) is 67.3 cm³/mol. The Hall–Kier alpha value is -1.73. The van der Waals surface area contributed by atoms with Gasteiger partial charge in [0.2, 0.25) is 0 Å². The lowest BCUT2D eigenvalue weighted by atomic mass is 10.1. The molecule has 1 N–H and O–H groups in total. The molecular formula is C12H13FN2O3S. The summed E-state index contributed by atoms with van der Waals surface area (Å²) in [6, 6.07) is 4.26. The Kier molecular flexibility index (Phi) is 3.42. The van der Waals surface area contributed by atoms with Gasteiger partial charge in [0.1, 0.15) is 16.4 Å². The van der Waals surface area contributed by atoms with E-state index in [1.807, 2.05) is 0 Å². The summed E-state index contributed by atoms with van der Waals surface area (Å²) in [5.41, 5.74) is 0.385. The van der Waals surface area contributed by atoms with E-state index in [4.69, 9.17) is 0 Å². The Labute approximate surface area is 110 Å². The molecule has 0 aliphatic rings. The maximum Gasteiger partial charge on any atom is 0.178 e. The third kappa shape index (κ3) is 2.66. The molecule has 5 nitrogen and oxygen atoms in total. The Morgan fingerprint density at radius 1 is 1.42 bits per heavy atom. The fraction of sp³-hybridized carbons (Fsp3) is 0.250. The van der Waals surface area contributed by atoms with Crippen molar-refractivity contribution in [3.05, 3.63) is 42.0 Å². The quantitative estimate of drug-likeness (QED) is 0.926. The van der Waals surface area contributed by atoms with Gasteiger partial charge < -0.3 is 5.11 Å². The fourth-order valence-electron chi connectivity index (χ4n) is 1.73. The van der Waals surface area contributed by atoms with Crippen LogP contribution in [0.25, 0.3) is 5.69 Å². The largest absolute Gasteiger partial charge is 0.389 e. The number of aromatic nitrogens is 2. The first-order chi connectivity index (χ1) is 8.80. The number of aliphatic hydroxyl groups excluding tert-OH is 1. The third-order valence-electron chi connectivity index (χ3n) is 2.68. The Balaban J connectivity index is 2.62. The predicted octanol–water partition coefficient (Wildman–Crippen LogP) is 1.47. The van der Waals surface area contributed by atoms with E-state index in [-0.39, 0.29) is 10.6 Å². The summed E-state index contributed by atoms with van der Waals surface area (Å²) in [6.07, 6.45) is 2.52. The van der Waals surface area contributed by atoms with Gasteiger partial charge in [0, 0.05) is 18.0 Å². The molecule has 0 amide bonds. The van der Waals surface area contributed by atoms with Crippen molar-refractivity contribution in [1.29, 1.82) is 0 Å². The molecule has 2 aromatic rings. The van der Waals surface area contributed by atoms with Gasteiger partial charge in [-0.05, 0) is 13.0 Å². The van der Waals surface area contributed by atoms with Gasteiger partial charge >= 0.3 is 0 Å². The standard InChI is InChI=1S/C12H13FN2O3S/c1-8(16)10-4-3-5-11(13)12(10)15-7-9(6-14-15)19(2,17)18/h3-8,16H,1-2H3/t8-/m1/s1. The van der Waals surface area contributed by atoms with Crippen LogP contribution in [0.4, 0.5) is 4.39 Å². The molecular weight excluding hydrogens is 271 g/mol. The summed E-state index contributed by atoms with van der Waals surface area (Å²) < 4.78 is 37.8. The van der Waals surface area contributed by atoms with Crippen molar-refractivity contribution in [2.75, 3.05) is 6.26 Å². The SMILES string of the molecule is C[C@@H](O)c1cccc(F)c1-n1cc(S(C)(=O)=O)cn1. The molecule has 19 heavy (non-hydrogen) atoms. The van der Waals surface area contributed by atoms with Gasteiger partial charge in [-0.3, -0.25) is 0 Å². The minimum absolute atomic E-state index is 0.00713. The lowest BCUT2D eigenvalue weighted by Gasteiger charge is -2.12. The highest BCUT2D eigenvalue weighted by molar-refractivity contribution is 7.90. The molecule has 1 heterocycles. The van der Waals surface area contributed by atoms with E-state index in [9.17, 15) is 17.9 Å². The summed E-state index contributed by atoms with van der Waals surface area (Å²) in [5, 5.41) is 13.5. The average molecular weight is 284 g/mol. The van der Waals surface area contributed by atoms with Gasteiger partial charge in [0.05, 0.1) is 12.3 Å². The van der Waals surface area contributed by atoms with E-state index in [0.29, 0.717) is 5.56 Å². The molecule has 0 spiro atoms. The first kappa shape index (κ1) is 13.7. The van der Waals surface area contributed by atoms with Gasteiger partial charge in [0.25, 0.3) is 0 Å². The first-order valence-corrected chi connectivity index (χ1v) is 7.41. The summed E-state index contributed by atoms with van der Waals surface area (Å²) in [6.45, 7) is 1.50. The highest BCUT2D eigenvalue weighted by Crippen LogP contribution is 2.24. The number of aliphatic hydroxyl groups is 1. The number of benzene rings is 1. The molecule has 1 aromatic carbocycles. The Bertz CT molecular complexity index is 708. The van der Waals surface area contributed by atoms with Crippen LogP contribution >= 0.6 is 0 Å². The number of sulfone groups is 1. The molecule has 0 bridgehead atoms. The van der Waals surface area contributed by atoms with E-state index < -0.39 is 21.8 Å². The van der Waals surface area contributed by atoms with Gasteiger partial charge in [-0.1, -0.05) is 12.1 Å². The molecule has 0 aliphatic heterocycles. The molecule has 0 unspecified atom stereocenters. The first-order valence-electron chi connectivity index (χ1n) is 5.52. The lowest BCUT2D eigenvalue weighted by Crippen LogP contribution is -2.06. The normalized spacial score (nSPS) is 13.5. The van der Waals surface area contributed by atoms with Crippen LogP contribution in [0.2, 0.25) is 0 Å². The van der Waals surface area contributed by atoms with Gasteiger partial charge in [-0.15, -0.1) is 0 Å². The number of nitrogens with zero attached hydrogens (tertiary/aromatic N) is 2. The van der Waals surface area contributed by atoms with Crippen molar-refractivity contribution >= 4 is 9.84 Å². The molecule has 0 radical (unpaired) electrons. The molecule has 0 saturated carbocycles. The van der Waals surface area contributed by atoms with E-state index in [0.717, 1.165) is 17.1 Å². The number of hydrogen-bond acceptors (Lipinski definition) is 4. The monoisotopic (exact) mass is 284 g/mol. The second-order valence-electron chi connectivity index (χ2n) is 4.25. The minimum atomic E-state index is -3.40. The Morgan fingerprint density at radius 2 is 2.11 bits per heavy atom. The maximum absolute atomic E-state index is 13.9. The fourth-order valence-corrected chi connectivity index (χ4v) is 2.26. The van der Waals surface area contributed by atoms with Crippen LogP contribution in [-0.4, -0.2) is 29.6 Å². The molecule has 102 valence electrons. The molecule has 1 atom stereocenters. The number of rotatable bonds is 3. The topological polar surface area (TPSA) is 72.2 Å². The maximum atomic E-state index is 13.9. The van der Waals surface area contributed by atoms with Crippen molar-refractivity contribution in [2.24, 2.45) is 0 Å². The van der Waals surface area contributed by atoms with Crippen LogP contribution in [0.15, 0.2) is 35.5 Å². The highest BCUT2D eigenvalue weighted by atomic mass is 32.2. The Morgan fingerprint density at radius 3 is 2.63 bits per heavy atom. The molecule has 7 heteroatoms. The van der Waals surface area contributed by atoms with Gasteiger partial charge in [0.15, 0.2) is 9.84 Å². The summed E-state index contributed by atoms with van der Waals surface area (Å²) in [4.78, 5) is -0.00713. The van der Waals surface area contributed by atoms with Crippen molar-refractivity contribution in [3.8, 4) is 5.69 Å². The molecule has 2 rings (SSSR count). The van der Waals surface area contributed by atoms with Gasteiger partial charge in [-0.2, -0.15) is 5.10 Å². The van der Waals surface area contributed by atoms with Crippen LogP contribution in [-0.2, 0) is 9.84 Å². The zero-order valence-electron chi connectivity index (χ0n) is 10.4. The second-order valence-corrected chi connectivity index (χ2v) is 6.26. The number of hydrogen-bond donors (Lipinski definition) is 1. The summed E-state index contributed by atoms with van der Waals surface area (Å²) in [7, 11) is -3.40. The third-order valence-corrected chi connectivity index (χ3v) is 3.75. The summed E-state index contributed by atoms with van der Waals surface area (Å²) in [5.74, 6) is -0.582. The van der Waals surface area contributed by atoms with Crippen LogP contribution in [0.5, 0.6) is 0 Å². The van der Waals surface area contributed by atoms with E-state index in [1.165, 1.54) is 25.3 Å². The minimum Gasteiger partial charge on any atom is -0.389 e. The summed E-state index contributed by atoms with van der Waals surface area (Å²) >= 11 is 0. The van der Waals surface area contributed by atoms with E-state index >= 15 is 0 Å². The number of halogens is 1. The highest BCUT2D eigenvalue weighted by Gasteiger charge is 2.17. The van der Waals surface area contributed by atoms with E-state index in [1.54, 1.807) is 6.07 Å². The van der Waals surface area contributed by atoms with Crippen LogP contribution in [0.3, 0.4) is 0 Å². The van der Waals surface area contributed by atoms with Crippen LogP contribution in [0.1, 0.15) is 18.6 Å². The zero-order chi connectivity index (χ0) is 14.2. The van der Waals surface area contributed by atoms with Crippen LogP contribution in [0, 0.1) is 5.82 Å². The zero-order valence-corrected chi connectivity index (χ0v) is 11.2. The van der Waals surface area contributed by atoms with Crippen molar-refractivity contribution in [1.82, 2.24) is 9.78 Å². The smallest absolute Gasteiger partial charge is 0.178 e. The van der Waals surface area contributed by atoms with Crippen molar-refractivity contribution in [3.63, 3.8) is 0 Å². The average Bonchev–Trinajstić information content (AvgIpc) is 2.77. The number of para-hydroxylation sites is 1. The van der Waals surface area contributed by atoms with Gasteiger partial charge in [-0.25, -0.2) is 17.5 Å². The lowest BCUT2D eigenvalue weighted by molar-refractivity contribution is 0.198. The van der Waals surface area contributed by atoms with Crippen molar-refractivity contribution < 1.29 is 17.9 Å². The van der Waals surface area contributed by atoms with E-state index in [2.05, 4.69) is 5.10 Å². The molecule has 0 aliphatic carbocycles. The van der Waals surface area contributed by atoms with Crippen LogP contribution < -0.4 is 0 Å². The molecule has 1 aromatic heterocycles. The van der Waals surface area contributed by atoms with Crippen molar-refractivity contribution in [2.45, 2.75) is 17.9 Å². The molecule has 0 saturated heterocycles. The second kappa shape index (κ2) is 4.75.